The molecule has 1 aromatic carbocycles. The van der Waals surface area contributed by atoms with E-state index in [1.54, 1.807) is 6.07 Å². The summed E-state index contributed by atoms with van der Waals surface area (Å²) in [5, 5.41) is 3.46. The smallest absolute Gasteiger partial charge is 0.416 e. The Morgan fingerprint density at radius 3 is 2.56 bits per heavy atom. The highest BCUT2D eigenvalue weighted by atomic mass is 19.4. The number of nitrogens with zero attached hydrogens (tertiary/aromatic N) is 1. The van der Waals surface area contributed by atoms with Gasteiger partial charge >= 0.3 is 12.1 Å². The number of rotatable bonds is 4. The van der Waals surface area contributed by atoms with E-state index in [-0.39, 0.29) is 23.8 Å². The minimum absolute atomic E-state index is 0.169. The molecule has 2 saturated heterocycles. The van der Waals surface area contributed by atoms with E-state index in [0.717, 1.165) is 24.9 Å². The van der Waals surface area contributed by atoms with Crippen molar-refractivity contribution in [2.75, 3.05) is 31.6 Å². The number of carbonyl (C=O) groups is 1. The molecule has 0 radical (unpaired) electrons. The van der Waals surface area contributed by atoms with Crippen molar-refractivity contribution in [1.29, 1.82) is 0 Å². The molecule has 4 nitrogen and oxygen atoms in total. The largest absolute Gasteiger partial charge is 0.469 e. The van der Waals surface area contributed by atoms with Gasteiger partial charge in [0.05, 0.1) is 18.6 Å². The average Bonchev–Trinajstić information content (AvgIpc) is 3.15. The summed E-state index contributed by atoms with van der Waals surface area (Å²) < 4.78 is 44.7. The molecule has 0 amide bonds. The number of hydrogen-bond acceptors (Lipinski definition) is 4. The van der Waals surface area contributed by atoms with Gasteiger partial charge in [-0.2, -0.15) is 13.2 Å². The highest BCUT2D eigenvalue weighted by Gasteiger charge is 2.35. The fourth-order valence-electron chi connectivity index (χ4n) is 4.40. The number of halogens is 3. The van der Waals surface area contributed by atoms with Gasteiger partial charge in [-0.1, -0.05) is 13.0 Å². The molecule has 0 saturated carbocycles. The van der Waals surface area contributed by atoms with Crippen LogP contribution in [0.4, 0.5) is 18.9 Å². The van der Waals surface area contributed by atoms with Crippen LogP contribution in [0.15, 0.2) is 18.2 Å². The molecule has 2 fully saturated rings. The van der Waals surface area contributed by atoms with Crippen molar-refractivity contribution in [2.45, 2.75) is 50.7 Å². The van der Waals surface area contributed by atoms with Gasteiger partial charge in [0.25, 0.3) is 0 Å². The zero-order chi connectivity index (χ0) is 19.6. The van der Waals surface area contributed by atoms with Crippen LogP contribution in [0.2, 0.25) is 0 Å². The Hall–Kier alpha value is -1.76. The highest BCUT2D eigenvalue weighted by molar-refractivity contribution is 5.73. The number of anilines is 1. The minimum Gasteiger partial charge on any atom is -0.469 e. The molecule has 0 spiro atoms. The number of carbonyl (C=O) groups excluding carboxylic acids is 1. The Kier molecular flexibility index (Phi) is 5.99. The first-order valence-electron chi connectivity index (χ1n) is 9.62. The number of alkyl halides is 3. The number of piperidine rings is 1. The lowest BCUT2D eigenvalue weighted by molar-refractivity contribution is -0.146. The second-order valence-electron chi connectivity index (χ2n) is 7.42. The predicted molar refractivity (Wildman–Crippen MR) is 97.8 cm³/mol. The van der Waals surface area contributed by atoms with Crippen molar-refractivity contribution in [3.05, 3.63) is 29.3 Å². The third-order valence-electron chi connectivity index (χ3n) is 5.91. The molecular weight excluding hydrogens is 357 g/mol. The molecule has 2 aliphatic heterocycles. The summed E-state index contributed by atoms with van der Waals surface area (Å²) in [6.45, 7) is 4.10. The van der Waals surface area contributed by atoms with Crippen LogP contribution in [-0.2, 0) is 15.7 Å². The van der Waals surface area contributed by atoms with Crippen LogP contribution in [0.5, 0.6) is 0 Å². The Labute approximate surface area is 158 Å². The van der Waals surface area contributed by atoms with Gasteiger partial charge in [0.2, 0.25) is 0 Å². The molecule has 2 aliphatic rings. The number of esters is 1. The first-order valence-corrected chi connectivity index (χ1v) is 9.62. The highest BCUT2D eigenvalue weighted by Crippen LogP contribution is 2.40. The number of nitrogens with one attached hydrogen (secondary N) is 1. The first-order chi connectivity index (χ1) is 12.8. The van der Waals surface area contributed by atoms with Crippen molar-refractivity contribution in [3.63, 3.8) is 0 Å². The van der Waals surface area contributed by atoms with Gasteiger partial charge < -0.3 is 15.0 Å². The summed E-state index contributed by atoms with van der Waals surface area (Å²) >= 11 is 0. The lowest BCUT2D eigenvalue weighted by Crippen LogP contribution is -2.38. The summed E-state index contributed by atoms with van der Waals surface area (Å²) in [5.41, 5.74) is 1.03. The quantitative estimate of drug-likeness (QED) is 0.798. The molecule has 0 bridgehead atoms. The van der Waals surface area contributed by atoms with E-state index < -0.39 is 11.7 Å². The monoisotopic (exact) mass is 384 g/mol. The second-order valence-corrected chi connectivity index (χ2v) is 7.42. The fraction of sp³-hybridized carbons (Fsp3) is 0.650. The lowest BCUT2D eigenvalue weighted by atomic mass is 9.87. The Bertz CT molecular complexity index is 670. The minimum atomic E-state index is -4.37. The van der Waals surface area contributed by atoms with Crippen LogP contribution < -0.4 is 10.2 Å². The van der Waals surface area contributed by atoms with Gasteiger partial charge in [0.15, 0.2) is 0 Å². The molecule has 3 rings (SSSR count). The van der Waals surface area contributed by atoms with Gasteiger partial charge in [0, 0.05) is 30.7 Å². The van der Waals surface area contributed by atoms with E-state index in [4.69, 9.17) is 4.74 Å². The number of ether oxygens (including phenoxy) is 1. The summed E-state index contributed by atoms with van der Waals surface area (Å²) in [7, 11) is 1.37. The first kappa shape index (κ1) is 20.0. The van der Waals surface area contributed by atoms with E-state index in [1.807, 2.05) is 4.90 Å². The maximum absolute atomic E-state index is 13.3. The zero-order valence-electron chi connectivity index (χ0n) is 15.8. The van der Waals surface area contributed by atoms with Gasteiger partial charge in [-0.15, -0.1) is 0 Å². The SMILES string of the molecule is CCC1NCCC1c1ccc(C(F)(F)F)cc1N1CCC(C(=O)OC)CC1. The Morgan fingerprint density at radius 2 is 1.96 bits per heavy atom. The van der Waals surface area contributed by atoms with Gasteiger partial charge in [0.1, 0.15) is 0 Å². The molecule has 0 aliphatic carbocycles. The maximum atomic E-state index is 13.3. The van der Waals surface area contributed by atoms with Gasteiger partial charge in [-0.25, -0.2) is 0 Å². The molecule has 0 aromatic heterocycles. The second kappa shape index (κ2) is 8.09. The summed E-state index contributed by atoms with van der Waals surface area (Å²) in [4.78, 5) is 13.8. The van der Waals surface area contributed by atoms with Gasteiger partial charge in [-0.05, 0) is 49.9 Å². The van der Waals surface area contributed by atoms with E-state index in [2.05, 4.69) is 12.2 Å². The van der Waals surface area contributed by atoms with Crippen LogP contribution in [0, 0.1) is 5.92 Å². The van der Waals surface area contributed by atoms with Crippen LogP contribution in [0.25, 0.3) is 0 Å². The standard InChI is InChI=1S/C20H27F3N2O2/c1-3-17-15(6-9-24-17)16-5-4-14(20(21,22)23)12-18(16)25-10-7-13(8-11-25)19(26)27-2/h4-5,12-13,15,17,24H,3,6-11H2,1-2H3. The lowest BCUT2D eigenvalue weighted by Gasteiger charge is -2.35. The summed E-state index contributed by atoms with van der Waals surface area (Å²) in [5.74, 6) is -0.187. The number of benzene rings is 1. The molecule has 150 valence electrons. The molecule has 2 unspecified atom stereocenters. The summed E-state index contributed by atoms with van der Waals surface area (Å²) in [6.07, 6.45) is -1.30. The van der Waals surface area contributed by atoms with Crippen molar-refractivity contribution < 1.29 is 22.7 Å². The molecular formula is C20H27F3N2O2. The zero-order valence-corrected chi connectivity index (χ0v) is 15.8. The van der Waals surface area contributed by atoms with Crippen LogP contribution in [0.3, 0.4) is 0 Å². The van der Waals surface area contributed by atoms with E-state index >= 15 is 0 Å². The Balaban J connectivity index is 1.90. The third-order valence-corrected chi connectivity index (χ3v) is 5.91. The average molecular weight is 384 g/mol. The van der Waals surface area contributed by atoms with E-state index in [1.165, 1.54) is 19.2 Å². The maximum Gasteiger partial charge on any atom is 0.416 e. The molecule has 2 heterocycles. The Morgan fingerprint density at radius 1 is 1.26 bits per heavy atom. The molecule has 2 atom stereocenters. The third kappa shape index (κ3) is 4.23. The van der Waals surface area contributed by atoms with Crippen LogP contribution >= 0.6 is 0 Å². The molecule has 27 heavy (non-hydrogen) atoms. The fourth-order valence-corrected chi connectivity index (χ4v) is 4.40. The van der Waals surface area contributed by atoms with E-state index in [0.29, 0.717) is 31.6 Å². The van der Waals surface area contributed by atoms with Crippen molar-refractivity contribution in [2.24, 2.45) is 5.92 Å². The summed E-state index contributed by atoms with van der Waals surface area (Å²) in [6, 6.07) is 4.43. The normalized spacial score (nSPS) is 24.3. The van der Waals surface area contributed by atoms with Gasteiger partial charge in [-0.3, -0.25) is 4.79 Å². The van der Waals surface area contributed by atoms with Crippen molar-refractivity contribution in [1.82, 2.24) is 5.32 Å². The number of methoxy groups -OCH3 is 1. The molecule has 1 N–H and O–H groups in total. The van der Waals surface area contributed by atoms with Crippen molar-refractivity contribution in [3.8, 4) is 0 Å². The van der Waals surface area contributed by atoms with Crippen molar-refractivity contribution >= 4 is 11.7 Å². The van der Waals surface area contributed by atoms with Crippen LogP contribution in [0.1, 0.15) is 49.7 Å². The van der Waals surface area contributed by atoms with Crippen LogP contribution in [-0.4, -0.2) is 38.8 Å². The molecule has 7 heteroatoms. The predicted octanol–water partition coefficient (Wildman–Crippen LogP) is 3.95. The number of hydrogen-bond donors (Lipinski definition) is 1. The molecule has 1 aromatic rings. The van der Waals surface area contributed by atoms with E-state index in [9.17, 15) is 18.0 Å². The topological polar surface area (TPSA) is 41.6 Å².